The molecule has 0 N–H and O–H groups in total. The van der Waals surface area contributed by atoms with E-state index >= 15 is 0 Å². The van der Waals surface area contributed by atoms with Gasteiger partial charge >= 0.3 is 0 Å². The minimum atomic E-state index is -3.28. The summed E-state index contributed by atoms with van der Waals surface area (Å²) in [4.78, 5) is 0. The van der Waals surface area contributed by atoms with Crippen LogP contribution in [0.4, 0.5) is 0 Å². The molecule has 5 heteroatoms. The molecular weight excluding hydrogens is 272 g/mol. The van der Waals surface area contributed by atoms with Crippen molar-refractivity contribution in [3.63, 3.8) is 0 Å². The van der Waals surface area contributed by atoms with Crippen molar-refractivity contribution in [3.8, 4) is 6.07 Å². The molecule has 1 aromatic rings. The van der Waals surface area contributed by atoms with Crippen molar-refractivity contribution in [2.75, 3.05) is 6.54 Å². The molecule has 1 heterocycles. The maximum absolute atomic E-state index is 12.5. The largest absolute Gasteiger partial charge is 0.218 e. The van der Waals surface area contributed by atoms with E-state index in [0.29, 0.717) is 18.0 Å². The average molecular weight is 292 g/mol. The zero-order chi connectivity index (χ0) is 14.8. The van der Waals surface area contributed by atoms with Crippen molar-refractivity contribution in [2.45, 2.75) is 38.5 Å². The van der Waals surface area contributed by atoms with Gasteiger partial charge in [-0.2, -0.15) is 9.57 Å². The fourth-order valence-electron chi connectivity index (χ4n) is 2.77. The summed E-state index contributed by atoms with van der Waals surface area (Å²) in [6.07, 6.45) is 1.85. The molecule has 108 valence electrons. The first kappa shape index (κ1) is 15.0. The van der Waals surface area contributed by atoms with Gasteiger partial charge in [-0.15, -0.1) is 0 Å². The van der Waals surface area contributed by atoms with Crippen molar-refractivity contribution < 1.29 is 8.42 Å². The Balaban J connectivity index is 2.12. The van der Waals surface area contributed by atoms with Crippen LogP contribution in [0.2, 0.25) is 0 Å². The van der Waals surface area contributed by atoms with Crippen LogP contribution in [0.15, 0.2) is 24.3 Å². The number of rotatable bonds is 3. The number of sulfonamides is 1. The number of hydrogen-bond acceptors (Lipinski definition) is 3. The fraction of sp³-hybridized carbons (Fsp3) is 0.533. The molecule has 4 nitrogen and oxygen atoms in total. The van der Waals surface area contributed by atoms with Crippen LogP contribution in [0, 0.1) is 17.2 Å². The van der Waals surface area contributed by atoms with Crippen molar-refractivity contribution >= 4 is 10.0 Å². The summed E-state index contributed by atoms with van der Waals surface area (Å²) in [6.45, 7) is 4.76. The molecule has 20 heavy (non-hydrogen) atoms. The Labute approximate surface area is 121 Å². The molecule has 0 aliphatic carbocycles. The highest BCUT2D eigenvalue weighted by molar-refractivity contribution is 7.88. The lowest BCUT2D eigenvalue weighted by Crippen LogP contribution is -2.44. The zero-order valence-electron chi connectivity index (χ0n) is 11.9. The van der Waals surface area contributed by atoms with Gasteiger partial charge in [0.25, 0.3) is 0 Å². The maximum atomic E-state index is 12.5. The van der Waals surface area contributed by atoms with Crippen LogP contribution in [0.25, 0.3) is 0 Å². The van der Waals surface area contributed by atoms with E-state index in [1.807, 2.05) is 13.0 Å². The van der Waals surface area contributed by atoms with E-state index in [4.69, 9.17) is 5.26 Å². The zero-order valence-corrected chi connectivity index (χ0v) is 12.7. The lowest BCUT2D eigenvalue weighted by atomic mass is 9.95. The van der Waals surface area contributed by atoms with E-state index in [0.717, 1.165) is 18.4 Å². The number of hydrogen-bond donors (Lipinski definition) is 0. The van der Waals surface area contributed by atoms with E-state index in [1.54, 1.807) is 28.6 Å². The van der Waals surface area contributed by atoms with Gasteiger partial charge in [-0.05, 0) is 43.4 Å². The third-order valence-corrected chi connectivity index (χ3v) is 5.82. The van der Waals surface area contributed by atoms with Crippen molar-refractivity contribution in [2.24, 2.45) is 5.92 Å². The lowest BCUT2D eigenvalue weighted by molar-refractivity contribution is 0.220. The second-order valence-corrected chi connectivity index (χ2v) is 7.58. The van der Waals surface area contributed by atoms with Crippen molar-refractivity contribution in [3.05, 3.63) is 35.4 Å². The molecule has 2 atom stereocenters. The Morgan fingerprint density at radius 2 is 1.95 bits per heavy atom. The summed E-state index contributed by atoms with van der Waals surface area (Å²) in [5.41, 5.74) is 1.28. The molecule has 0 bridgehead atoms. The Morgan fingerprint density at radius 3 is 2.50 bits per heavy atom. The first-order valence-corrected chi connectivity index (χ1v) is 8.52. The summed E-state index contributed by atoms with van der Waals surface area (Å²) in [5, 5.41) is 8.75. The average Bonchev–Trinajstić information content (AvgIpc) is 2.38. The maximum Gasteiger partial charge on any atom is 0.218 e. The van der Waals surface area contributed by atoms with Crippen LogP contribution in [0.5, 0.6) is 0 Å². The van der Waals surface area contributed by atoms with Crippen LogP contribution in [0.1, 0.15) is 37.8 Å². The summed E-state index contributed by atoms with van der Waals surface area (Å²) >= 11 is 0. The van der Waals surface area contributed by atoms with Gasteiger partial charge in [0.15, 0.2) is 0 Å². The van der Waals surface area contributed by atoms with Crippen LogP contribution in [0.3, 0.4) is 0 Å². The molecule has 1 fully saturated rings. The highest BCUT2D eigenvalue weighted by atomic mass is 32.2. The molecule has 0 amide bonds. The van der Waals surface area contributed by atoms with E-state index in [9.17, 15) is 8.42 Å². The third kappa shape index (κ3) is 3.38. The van der Waals surface area contributed by atoms with Crippen molar-refractivity contribution in [1.29, 1.82) is 5.26 Å². The molecule has 0 saturated carbocycles. The van der Waals surface area contributed by atoms with E-state index in [-0.39, 0.29) is 11.8 Å². The SMILES string of the molecule is CC1CCN(S(=O)(=O)Cc2ccc(C#N)cc2)C(C)C1. The summed E-state index contributed by atoms with van der Waals surface area (Å²) in [5.74, 6) is 0.601. The van der Waals surface area contributed by atoms with Crippen LogP contribution < -0.4 is 0 Å². The van der Waals surface area contributed by atoms with Gasteiger partial charge in [-0.25, -0.2) is 8.42 Å². The lowest BCUT2D eigenvalue weighted by Gasteiger charge is -2.35. The van der Waals surface area contributed by atoms with Crippen LogP contribution in [-0.2, 0) is 15.8 Å². The number of nitriles is 1. The molecule has 1 aliphatic heterocycles. The standard InChI is InChI=1S/C15H20N2O2S/c1-12-7-8-17(13(2)9-12)20(18,19)11-15-5-3-14(10-16)4-6-15/h3-6,12-13H,7-9,11H2,1-2H3. The molecule has 0 radical (unpaired) electrons. The second kappa shape index (κ2) is 5.94. The normalized spacial score (nSPS) is 24.2. The Kier molecular flexibility index (Phi) is 4.46. The first-order valence-electron chi connectivity index (χ1n) is 6.91. The minimum absolute atomic E-state index is 0.0113. The van der Waals surface area contributed by atoms with E-state index in [1.165, 1.54) is 0 Å². The highest BCUT2D eigenvalue weighted by Gasteiger charge is 2.31. The summed E-state index contributed by atoms with van der Waals surface area (Å²) < 4.78 is 26.6. The van der Waals surface area contributed by atoms with Gasteiger partial charge in [0.1, 0.15) is 0 Å². The minimum Gasteiger partial charge on any atom is -0.212 e. The molecule has 1 aromatic carbocycles. The van der Waals surface area contributed by atoms with Gasteiger partial charge < -0.3 is 0 Å². The topological polar surface area (TPSA) is 61.2 Å². The Morgan fingerprint density at radius 1 is 1.30 bits per heavy atom. The van der Waals surface area contributed by atoms with Crippen LogP contribution >= 0.6 is 0 Å². The van der Waals surface area contributed by atoms with Gasteiger partial charge in [0.2, 0.25) is 10.0 Å². The van der Waals surface area contributed by atoms with E-state index < -0.39 is 10.0 Å². The predicted molar refractivity (Wildman–Crippen MR) is 78.3 cm³/mol. The van der Waals surface area contributed by atoms with E-state index in [2.05, 4.69) is 6.92 Å². The first-order chi connectivity index (χ1) is 9.42. The molecule has 2 unspecified atom stereocenters. The molecule has 0 spiro atoms. The predicted octanol–water partition coefficient (Wildman–Crippen LogP) is 2.51. The fourth-order valence-corrected chi connectivity index (χ4v) is 4.57. The molecular formula is C15H20N2O2S. The number of piperidine rings is 1. The molecule has 0 aromatic heterocycles. The Bertz CT molecular complexity index is 602. The third-order valence-electron chi connectivity index (χ3n) is 3.87. The van der Waals surface area contributed by atoms with Gasteiger partial charge in [0.05, 0.1) is 17.4 Å². The van der Waals surface area contributed by atoms with Gasteiger partial charge in [-0.3, -0.25) is 0 Å². The Hall–Kier alpha value is -1.38. The number of nitrogens with zero attached hydrogens (tertiary/aromatic N) is 2. The second-order valence-electron chi connectivity index (χ2n) is 5.65. The highest BCUT2D eigenvalue weighted by Crippen LogP contribution is 2.26. The smallest absolute Gasteiger partial charge is 0.212 e. The van der Waals surface area contributed by atoms with Gasteiger partial charge in [0, 0.05) is 12.6 Å². The van der Waals surface area contributed by atoms with Crippen LogP contribution in [-0.4, -0.2) is 25.3 Å². The molecule has 2 rings (SSSR count). The number of benzene rings is 1. The van der Waals surface area contributed by atoms with Crippen molar-refractivity contribution in [1.82, 2.24) is 4.31 Å². The monoisotopic (exact) mass is 292 g/mol. The van der Waals surface area contributed by atoms with Gasteiger partial charge in [-0.1, -0.05) is 19.1 Å². The quantitative estimate of drug-likeness (QED) is 0.860. The molecule has 1 saturated heterocycles. The summed E-state index contributed by atoms with van der Waals surface area (Å²) in [6, 6.07) is 8.85. The molecule has 1 aliphatic rings. The summed E-state index contributed by atoms with van der Waals surface area (Å²) in [7, 11) is -3.28.